The van der Waals surface area contributed by atoms with E-state index in [1.165, 1.54) is 12.1 Å². The third-order valence-corrected chi connectivity index (χ3v) is 5.32. The van der Waals surface area contributed by atoms with Gasteiger partial charge in [-0.3, -0.25) is 14.9 Å². The smallest absolute Gasteiger partial charge is 0.338 e. The van der Waals surface area contributed by atoms with Gasteiger partial charge in [0, 0.05) is 53.4 Å². The summed E-state index contributed by atoms with van der Waals surface area (Å²) in [6, 6.07) is 11.7. The monoisotopic (exact) mass is 419 g/mol. The van der Waals surface area contributed by atoms with Crippen molar-refractivity contribution in [3.8, 4) is 0 Å². The number of H-pyrrole nitrogens is 1. The summed E-state index contributed by atoms with van der Waals surface area (Å²) in [5, 5.41) is 12.4. The Balaban J connectivity index is 1.58. The van der Waals surface area contributed by atoms with Gasteiger partial charge in [-0.15, -0.1) is 0 Å². The van der Waals surface area contributed by atoms with Crippen molar-refractivity contribution in [2.24, 2.45) is 0 Å². The molecule has 1 N–H and O–H groups in total. The second-order valence-electron chi connectivity index (χ2n) is 7.22. The molecule has 3 aromatic rings. The number of hydrogen-bond acceptors (Lipinski definition) is 5. The average Bonchev–Trinajstić information content (AvgIpc) is 3.22. The van der Waals surface area contributed by atoms with Gasteiger partial charge >= 0.3 is 5.97 Å². The first kappa shape index (κ1) is 20.3. The summed E-state index contributed by atoms with van der Waals surface area (Å²) in [7, 11) is 0. The molecule has 0 spiro atoms. The Morgan fingerprint density at radius 2 is 1.97 bits per heavy atom. The number of nitrogens with one attached hydrogen (secondary N) is 1. The number of amides is 1. The summed E-state index contributed by atoms with van der Waals surface area (Å²) in [6.07, 6.45) is 4.63. The van der Waals surface area contributed by atoms with Gasteiger partial charge in [-0.05, 0) is 31.1 Å². The molecule has 1 aliphatic heterocycles. The molecule has 1 aromatic heterocycles. The van der Waals surface area contributed by atoms with Crippen molar-refractivity contribution in [2.75, 3.05) is 19.7 Å². The molecule has 0 bridgehead atoms. The minimum Gasteiger partial charge on any atom is -0.462 e. The molecule has 1 aliphatic rings. The molecule has 4 rings (SSSR count). The van der Waals surface area contributed by atoms with Crippen LogP contribution in [0, 0.1) is 10.1 Å². The molecule has 0 fully saturated rings. The first-order valence-electron chi connectivity index (χ1n) is 9.99. The van der Waals surface area contributed by atoms with E-state index in [0.717, 1.165) is 28.1 Å². The lowest BCUT2D eigenvalue weighted by atomic mass is 9.98. The number of nitro groups is 1. The topological polar surface area (TPSA) is 106 Å². The van der Waals surface area contributed by atoms with Crippen LogP contribution in [0.25, 0.3) is 16.5 Å². The maximum absolute atomic E-state index is 13.0. The minimum atomic E-state index is -0.694. The van der Waals surface area contributed by atoms with Crippen molar-refractivity contribution >= 4 is 34.0 Å². The maximum atomic E-state index is 13.0. The Morgan fingerprint density at radius 3 is 2.68 bits per heavy atom. The van der Waals surface area contributed by atoms with E-state index in [4.69, 9.17) is 4.74 Å². The quantitative estimate of drug-likeness (QED) is 0.379. The summed E-state index contributed by atoms with van der Waals surface area (Å²) >= 11 is 0. The number of non-ortho nitro benzene ring substituents is 1. The summed E-state index contributed by atoms with van der Waals surface area (Å²) in [5.41, 5.74) is 3.09. The van der Waals surface area contributed by atoms with Crippen LogP contribution in [-0.4, -0.2) is 46.4 Å². The second-order valence-corrected chi connectivity index (χ2v) is 7.22. The molecular formula is C23H21N3O5. The van der Waals surface area contributed by atoms with Crippen molar-refractivity contribution < 1.29 is 19.2 Å². The van der Waals surface area contributed by atoms with Crippen LogP contribution in [0.5, 0.6) is 0 Å². The number of carbonyl (C=O) groups is 2. The van der Waals surface area contributed by atoms with E-state index in [9.17, 15) is 19.7 Å². The van der Waals surface area contributed by atoms with Crippen LogP contribution < -0.4 is 0 Å². The SMILES string of the molecule is CCOC(=O)c1cc(C(=O)N2CC=C(c3c[nH]c4ccccc34)CC2)cc([N+](=O)[O-])c1. The molecule has 0 unspecified atom stereocenters. The molecule has 0 atom stereocenters. The van der Waals surface area contributed by atoms with Crippen LogP contribution >= 0.6 is 0 Å². The fourth-order valence-electron chi connectivity index (χ4n) is 3.79. The van der Waals surface area contributed by atoms with Gasteiger partial charge in [-0.2, -0.15) is 0 Å². The minimum absolute atomic E-state index is 0.00793. The zero-order valence-electron chi connectivity index (χ0n) is 17.0. The van der Waals surface area contributed by atoms with Gasteiger partial charge in [-0.25, -0.2) is 4.79 Å². The number of aromatic nitrogens is 1. The van der Waals surface area contributed by atoms with Gasteiger partial charge < -0.3 is 14.6 Å². The summed E-state index contributed by atoms with van der Waals surface area (Å²) in [5.74, 6) is -1.05. The molecule has 0 aliphatic carbocycles. The third-order valence-electron chi connectivity index (χ3n) is 5.32. The first-order valence-corrected chi connectivity index (χ1v) is 9.99. The number of esters is 1. The molecule has 2 aromatic carbocycles. The van der Waals surface area contributed by atoms with Crippen LogP contribution in [0.3, 0.4) is 0 Å². The largest absolute Gasteiger partial charge is 0.462 e. The molecule has 158 valence electrons. The van der Waals surface area contributed by atoms with Crippen LogP contribution in [0.2, 0.25) is 0 Å². The van der Waals surface area contributed by atoms with Gasteiger partial charge in [0.2, 0.25) is 0 Å². The van der Waals surface area contributed by atoms with Gasteiger partial charge in [0.1, 0.15) is 0 Å². The van der Waals surface area contributed by atoms with Crippen LogP contribution in [0.4, 0.5) is 5.69 Å². The number of fused-ring (bicyclic) bond motifs is 1. The van der Waals surface area contributed by atoms with Crippen molar-refractivity contribution in [2.45, 2.75) is 13.3 Å². The normalized spacial score (nSPS) is 13.7. The molecule has 1 amide bonds. The van der Waals surface area contributed by atoms with E-state index in [0.29, 0.717) is 19.5 Å². The Labute approximate surface area is 178 Å². The van der Waals surface area contributed by atoms with E-state index in [1.54, 1.807) is 11.8 Å². The predicted molar refractivity (Wildman–Crippen MR) is 116 cm³/mol. The van der Waals surface area contributed by atoms with Crippen molar-refractivity contribution in [1.82, 2.24) is 9.88 Å². The molecule has 2 heterocycles. The number of para-hydroxylation sites is 1. The predicted octanol–water partition coefficient (Wildman–Crippen LogP) is 4.18. The standard InChI is InChI=1S/C23H21N3O5/c1-2-31-23(28)17-11-16(12-18(13-17)26(29)30)22(27)25-9-7-15(8-10-25)20-14-24-21-6-4-3-5-19(20)21/h3-7,11-14,24H,2,8-10H2,1H3. The number of hydrogen-bond donors (Lipinski definition) is 1. The fourth-order valence-corrected chi connectivity index (χ4v) is 3.79. The zero-order valence-corrected chi connectivity index (χ0v) is 17.0. The number of ether oxygens (including phenoxy) is 1. The molecule has 8 heteroatoms. The molecule has 31 heavy (non-hydrogen) atoms. The number of rotatable bonds is 5. The number of aromatic amines is 1. The van der Waals surface area contributed by atoms with Crippen molar-refractivity contribution in [1.29, 1.82) is 0 Å². The zero-order chi connectivity index (χ0) is 22.0. The lowest BCUT2D eigenvalue weighted by Crippen LogP contribution is -2.34. The lowest BCUT2D eigenvalue weighted by molar-refractivity contribution is -0.384. The molecule has 8 nitrogen and oxygen atoms in total. The Bertz CT molecular complexity index is 1210. The summed E-state index contributed by atoms with van der Waals surface area (Å²) < 4.78 is 4.93. The summed E-state index contributed by atoms with van der Waals surface area (Å²) in [4.78, 5) is 40.6. The van der Waals surface area contributed by atoms with Crippen molar-refractivity contribution in [3.05, 3.63) is 81.5 Å². The van der Waals surface area contributed by atoms with Gasteiger partial charge in [0.05, 0.1) is 17.1 Å². The van der Waals surface area contributed by atoms with E-state index in [1.807, 2.05) is 30.5 Å². The van der Waals surface area contributed by atoms with E-state index >= 15 is 0 Å². The molecule has 0 saturated carbocycles. The Morgan fingerprint density at radius 1 is 1.19 bits per heavy atom. The molecular weight excluding hydrogens is 398 g/mol. The molecule has 0 saturated heterocycles. The second kappa shape index (κ2) is 8.43. The highest BCUT2D eigenvalue weighted by Gasteiger charge is 2.24. The van der Waals surface area contributed by atoms with E-state index in [2.05, 4.69) is 11.1 Å². The summed E-state index contributed by atoms with van der Waals surface area (Å²) in [6.45, 7) is 2.64. The third kappa shape index (κ3) is 4.05. The molecule has 0 radical (unpaired) electrons. The fraction of sp³-hybridized carbons (Fsp3) is 0.217. The Hall–Kier alpha value is -3.94. The van der Waals surface area contributed by atoms with Gasteiger partial charge in [0.15, 0.2) is 0 Å². The van der Waals surface area contributed by atoms with Crippen LogP contribution in [0.1, 0.15) is 39.6 Å². The van der Waals surface area contributed by atoms with Gasteiger partial charge in [0.25, 0.3) is 11.6 Å². The van der Waals surface area contributed by atoms with Crippen molar-refractivity contribution in [3.63, 3.8) is 0 Å². The Kier molecular flexibility index (Phi) is 5.53. The average molecular weight is 419 g/mol. The number of nitrogens with zero attached hydrogens (tertiary/aromatic N) is 2. The van der Waals surface area contributed by atoms with Gasteiger partial charge in [-0.1, -0.05) is 24.3 Å². The van der Waals surface area contributed by atoms with E-state index < -0.39 is 10.9 Å². The number of carbonyl (C=O) groups excluding carboxylic acids is 2. The highest BCUT2D eigenvalue weighted by molar-refractivity contribution is 5.99. The maximum Gasteiger partial charge on any atom is 0.338 e. The lowest BCUT2D eigenvalue weighted by Gasteiger charge is -2.26. The highest BCUT2D eigenvalue weighted by atomic mass is 16.6. The number of benzene rings is 2. The van der Waals surface area contributed by atoms with Crippen LogP contribution in [-0.2, 0) is 4.74 Å². The van der Waals surface area contributed by atoms with Crippen LogP contribution in [0.15, 0.2) is 54.7 Å². The number of nitro benzene ring substituents is 1. The first-order chi connectivity index (χ1) is 15.0. The highest BCUT2D eigenvalue weighted by Crippen LogP contribution is 2.30. The van der Waals surface area contributed by atoms with E-state index in [-0.39, 0.29) is 29.3 Å².